The van der Waals surface area contributed by atoms with Gasteiger partial charge in [-0.1, -0.05) is 64.5 Å². The fourth-order valence-corrected chi connectivity index (χ4v) is 4.03. The molecule has 0 spiro atoms. The summed E-state index contributed by atoms with van der Waals surface area (Å²) in [6.45, 7) is 0.515. The summed E-state index contributed by atoms with van der Waals surface area (Å²) in [5.41, 5.74) is 7.51. The lowest BCUT2D eigenvalue weighted by Crippen LogP contribution is -2.49. The van der Waals surface area contributed by atoms with Crippen molar-refractivity contribution < 1.29 is 14.3 Å². The Balaban J connectivity index is 1.30. The molecule has 3 N–H and O–H groups in total. The largest absolute Gasteiger partial charge is 0.492 e. The second-order valence-corrected chi connectivity index (χ2v) is 9.01. The van der Waals surface area contributed by atoms with Crippen LogP contribution in [0.15, 0.2) is 89.5 Å². The number of amides is 2. The minimum Gasteiger partial charge on any atom is -0.492 e. The van der Waals surface area contributed by atoms with E-state index in [4.69, 9.17) is 17.0 Å². The first-order chi connectivity index (χ1) is 17.0. The molecule has 1 aromatic heterocycles. The number of aromatic nitrogens is 1. The zero-order valence-corrected chi connectivity index (χ0v) is 21.1. The van der Waals surface area contributed by atoms with Gasteiger partial charge in [0.05, 0.1) is 12.2 Å². The van der Waals surface area contributed by atoms with E-state index in [1.54, 1.807) is 18.2 Å². The minimum atomic E-state index is -0.454. The third kappa shape index (κ3) is 6.68. The van der Waals surface area contributed by atoms with Crippen LogP contribution in [0.5, 0.6) is 5.75 Å². The smallest absolute Gasteiger partial charge is 0.261 e. The van der Waals surface area contributed by atoms with Crippen molar-refractivity contribution in [2.75, 3.05) is 6.61 Å². The number of nitrogens with one attached hydrogen (secondary N) is 3. The first kappa shape index (κ1) is 24.4. The van der Waals surface area contributed by atoms with Crippen LogP contribution in [0.4, 0.5) is 0 Å². The molecule has 0 saturated carbocycles. The molecule has 2 amide bonds. The first-order valence-electron chi connectivity index (χ1n) is 10.9. The van der Waals surface area contributed by atoms with Gasteiger partial charge in [-0.15, -0.1) is 0 Å². The Morgan fingerprint density at radius 2 is 1.71 bits per heavy atom. The van der Waals surface area contributed by atoms with E-state index >= 15 is 0 Å². The number of carbonyl (C=O) groups is 2. The van der Waals surface area contributed by atoms with Crippen molar-refractivity contribution in [3.8, 4) is 5.75 Å². The number of hydrazine groups is 1. The molecule has 1 heterocycles. The number of fused-ring (bicyclic) bond motifs is 1. The van der Waals surface area contributed by atoms with Gasteiger partial charge in [-0.2, -0.15) is 0 Å². The van der Waals surface area contributed by atoms with E-state index in [0.29, 0.717) is 24.3 Å². The van der Waals surface area contributed by atoms with Crippen LogP contribution in [0.3, 0.4) is 0 Å². The van der Waals surface area contributed by atoms with Crippen molar-refractivity contribution in [1.82, 2.24) is 20.7 Å². The van der Waals surface area contributed by atoms with Gasteiger partial charge in [0.1, 0.15) is 12.3 Å². The molecular formula is C26H23BrN4O3S. The van der Waals surface area contributed by atoms with Crippen LogP contribution in [0.1, 0.15) is 15.9 Å². The van der Waals surface area contributed by atoms with Crippen molar-refractivity contribution in [2.45, 2.75) is 13.0 Å². The predicted octanol–water partition coefficient (Wildman–Crippen LogP) is 4.36. The van der Waals surface area contributed by atoms with Gasteiger partial charge in [0, 0.05) is 22.6 Å². The van der Waals surface area contributed by atoms with Crippen molar-refractivity contribution in [3.63, 3.8) is 0 Å². The van der Waals surface area contributed by atoms with Crippen LogP contribution in [-0.2, 0) is 17.8 Å². The monoisotopic (exact) mass is 550 g/mol. The Bertz CT molecular complexity index is 1360. The molecule has 178 valence electrons. The molecule has 0 unspecified atom stereocenters. The van der Waals surface area contributed by atoms with Crippen molar-refractivity contribution in [2.24, 2.45) is 0 Å². The third-order valence-electron chi connectivity index (χ3n) is 5.21. The molecule has 9 heteroatoms. The minimum absolute atomic E-state index is 0.0316. The van der Waals surface area contributed by atoms with Gasteiger partial charge < -0.3 is 9.30 Å². The zero-order valence-electron chi connectivity index (χ0n) is 18.7. The summed E-state index contributed by atoms with van der Waals surface area (Å²) in [5.74, 6) is -0.326. The van der Waals surface area contributed by atoms with Crippen LogP contribution in [0.2, 0.25) is 0 Å². The molecule has 4 aromatic rings. The van der Waals surface area contributed by atoms with Gasteiger partial charge in [0.2, 0.25) is 0 Å². The Hall–Kier alpha value is -3.69. The molecule has 0 aliphatic rings. The molecule has 0 bridgehead atoms. The van der Waals surface area contributed by atoms with Gasteiger partial charge in [-0.05, 0) is 53.5 Å². The number of ether oxygens (including phenoxy) is 1. The van der Waals surface area contributed by atoms with Crippen LogP contribution in [0, 0.1) is 0 Å². The number of para-hydroxylation sites is 1. The molecule has 0 atom stereocenters. The van der Waals surface area contributed by atoms with Crippen LogP contribution < -0.4 is 20.9 Å². The zero-order chi connectivity index (χ0) is 24.6. The van der Waals surface area contributed by atoms with Crippen LogP contribution in [-0.4, -0.2) is 28.1 Å². The molecule has 4 rings (SSSR count). The molecule has 0 saturated heterocycles. The Kier molecular flexibility index (Phi) is 8.12. The molecule has 0 aliphatic heterocycles. The lowest BCUT2D eigenvalue weighted by Gasteiger charge is -2.14. The molecule has 0 aliphatic carbocycles. The number of thiocarbonyl (C=S) groups is 1. The van der Waals surface area contributed by atoms with E-state index < -0.39 is 5.91 Å². The lowest BCUT2D eigenvalue weighted by atomic mass is 10.1. The Morgan fingerprint density at radius 1 is 0.943 bits per heavy atom. The highest BCUT2D eigenvalue weighted by Gasteiger charge is 2.15. The highest BCUT2D eigenvalue weighted by molar-refractivity contribution is 9.10. The lowest BCUT2D eigenvalue weighted by molar-refractivity contribution is -0.122. The Morgan fingerprint density at radius 3 is 2.54 bits per heavy atom. The molecule has 0 radical (unpaired) electrons. The van der Waals surface area contributed by atoms with Crippen LogP contribution >= 0.6 is 28.1 Å². The second-order valence-electron chi connectivity index (χ2n) is 7.68. The number of hydrogen-bond donors (Lipinski definition) is 3. The fraction of sp³-hybridized carbons (Fsp3) is 0.115. The topological polar surface area (TPSA) is 84.4 Å². The molecule has 7 nitrogen and oxygen atoms in total. The van der Waals surface area contributed by atoms with Gasteiger partial charge >= 0.3 is 0 Å². The SMILES string of the molecule is O=C(Cn1ccc2ccccc21)NNC(=S)NC(=O)c1cc(Br)ccc1OCCc1ccccc1. The molecule has 3 aromatic carbocycles. The van der Waals surface area contributed by atoms with Gasteiger partial charge in [-0.3, -0.25) is 25.8 Å². The summed E-state index contributed by atoms with van der Waals surface area (Å²) >= 11 is 8.57. The van der Waals surface area contributed by atoms with E-state index in [-0.39, 0.29) is 17.6 Å². The number of rotatable bonds is 7. The maximum absolute atomic E-state index is 12.9. The van der Waals surface area contributed by atoms with Crippen LogP contribution in [0.25, 0.3) is 10.9 Å². The van der Waals surface area contributed by atoms with E-state index in [9.17, 15) is 9.59 Å². The quantitative estimate of drug-likeness (QED) is 0.235. The highest BCUT2D eigenvalue weighted by atomic mass is 79.9. The van der Waals surface area contributed by atoms with Crippen molar-refractivity contribution >= 4 is 56.0 Å². The number of nitrogens with zero attached hydrogens (tertiary/aromatic N) is 1. The summed E-state index contributed by atoms with van der Waals surface area (Å²) in [7, 11) is 0. The molecule has 0 fully saturated rings. The fourth-order valence-electron chi connectivity index (χ4n) is 3.53. The highest BCUT2D eigenvalue weighted by Crippen LogP contribution is 2.23. The predicted molar refractivity (Wildman–Crippen MR) is 143 cm³/mol. The maximum atomic E-state index is 12.9. The van der Waals surface area contributed by atoms with E-state index in [0.717, 1.165) is 20.9 Å². The summed E-state index contributed by atoms with van der Waals surface area (Å²) in [6, 6.07) is 24.9. The van der Waals surface area contributed by atoms with Gasteiger partial charge in [0.25, 0.3) is 11.8 Å². The first-order valence-corrected chi connectivity index (χ1v) is 12.1. The van der Waals surface area contributed by atoms with E-state index in [1.165, 1.54) is 0 Å². The molecular weight excluding hydrogens is 528 g/mol. The Labute approximate surface area is 216 Å². The van der Waals surface area contributed by atoms with Crippen molar-refractivity contribution in [3.05, 3.63) is 101 Å². The maximum Gasteiger partial charge on any atom is 0.261 e. The second kappa shape index (κ2) is 11.6. The van der Waals surface area contributed by atoms with Gasteiger partial charge in [0.15, 0.2) is 5.11 Å². The number of carbonyl (C=O) groups excluding carboxylic acids is 2. The summed E-state index contributed by atoms with van der Waals surface area (Å²) in [6.07, 6.45) is 2.55. The van der Waals surface area contributed by atoms with Crippen molar-refractivity contribution in [1.29, 1.82) is 0 Å². The normalized spacial score (nSPS) is 10.5. The van der Waals surface area contributed by atoms with E-state index in [2.05, 4.69) is 32.1 Å². The third-order valence-corrected chi connectivity index (χ3v) is 5.91. The molecule has 35 heavy (non-hydrogen) atoms. The number of benzene rings is 3. The van der Waals surface area contributed by atoms with Gasteiger partial charge in [-0.25, -0.2) is 0 Å². The average molecular weight is 551 g/mol. The standard InChI is InChI=1S/C26H23BrN4O3S/c27-20-10-11-23(34-15-13-18-6-2-1-3-7-18)21(16-20)25(33)28-26(35)30-29-24(32)17-31-14-12-19-8-4-5-9-22(19)31/h1-12,14,16H,13,15,17H2,(H,29,32)(H2,28,30,33,35). The summed E-state index contributed by atoms with van der Waals surface area (Å²) in [5, 5.41) is 3.59. The average Bonchev–Trinajstić information content (AvgIpc) is 3.27. The van der Waals surface area contributed by atoms with E-state index in [1.807, 2.05) is 71.4 Å². The number of halogens is 1. The summed E-state index contributed by atoms with van der Waals surface area (Å²) < 4.78 is 8.43. The summed E-state index contributed by atoms with van der Waals surface area (Å²) in [4.78, 5) is 25.2. The number of hydrogen-bond acceptors (Lipinski definition) is 4.